The Bertz CT molecular complexity index is 570. The second-order valence-corrected chi connectivity index (χ2v) is 2.77. The van der Waals surface area contributed by atoms with Crippen molar-refractivity contribution >= 4 is 11.9 Å². The van der Waals surface area contributed by atoms with Crippen LogP contribution in [0.3, 0.4) is 0 Å². The average Bonchev–Trinajstić information content (AvgIpc) is 2.53. The number of nitriles is 1. The Morgan fingerprint density at radius 3 is 2.73 bits per heavy atom. The van der Waals surface area contributed by atoms with Crippen molar-refractivity contribution in [2.75, 3.05) is 0 Å². The van der Waals surface area contributed by atoms with E-state index in [0.717, 1.165) is 0 Å². The van der Waals surface area contributed by atoms with Gasteiger partial charge in [0.2, 0.25) is 0 Å². The summed E-state index contributed by atoms with van der Waals surface area (Å²) >= 11 is 0. The third-order valence-electron chi connectivity index (χ3n) is 1.93. The maximum atomic E-state index is 11.3. The Morgan fingerprint density at radius 1 is 1.20 bits per heavy atom. The second-order valence-electron chi connectivity index (χ2n) is 2.77. The number of ether oxygens (including phenoxy) is 1. The Labute approximate surface area is 85.1 Å². The van der Waals surface area contributed by atoms with Crippen LogP contribution in [0, 0.1) is 23.2 Å². The molecule has 0 aromatic heterocycles. The van der Waals surface area contributed by atoms with E-state index in [1.165, 1.54) is 6.07 Å². The molecule has 0 unspecified atom stereocenters. The van der Waals surface area contributed by atoms with Crippen LogP contribution in [0.25, 0.3) is 0 Å². The number of rotatable bonds is 0. The zero-order valence-electron chi connectivity index (χ0n) is 7.40. The van der Waals surface area contributed by atoms with Crippen molar-refractivity contribution in [3.63, 3.8) is 0 Å². The van der Waals surface area contributed by atoms with Crippen molar-refractivity contribution in [3.05, 3.63) is 34.9 Å². The topological polar surface area (TPSA) is 67.2 Å². The first kappa shape index (κ1) is 8.98. The predicted molar refractivity (Wildman–Crippen MR) is 48.7 cm³/mol. The fourth-order valence-corrected chi connectivity index (χ4v) is 1.33. The molecule has 0 spiro atoms. The van der Waals surface area contributed by atoms with Crippen molar-refractivity contribution in [2.45, 2.75) is 0 Å². The van der Waals surface area contributed by atoms with Gasteiger partial charge in [-0.05, 0) is 18.1 Å². The molecule has 0 radical (unpaired) electrons. The summed E-state index contributed by atoms with van der Waals surface area (Å²) in [5.74, 6) is 3.27. The molecule has 15 heavy (non-hydrogen) atoms. The molecule has 1 aromatic rings. The summed E-state index contributed by atoms with van der Waals surface area (Å²) < 4.78 is 4.42. The van der Waals surface area contributed by atoms with Gasteiger partial charge in [0.25, 0.3) is 0 Å². The van der Waals surface area contributed by atoms with E-state index < -0.39 is 11.9 Å². The molecule has 4 nitrogen and oxygen atoms in total. The monoisotopic (exact) mass is 197 g/mol. The third kappa shape index (κ3) is 1.34. The summed E-state index contributed by atoms with van der Waals surface area (Å²) in [6.07, 6.45) is 0. The van der Waals surface area contributed by atoms with E-state index in [1.54, 1.807) is 18.2 Å². The van der Waals surface area contributed by atoms with Gasteiger partial charge in [-0.1, -0.05) is 6.07 Å². The molecule has 0 N–H and O–H groups in total. The van der Waals surface area contributed by atoms with E-state index in [0.29, 0.717) is 5.56 Å². The maximum absolute atomic E-state index is 11.3. The van der Waals surface area contributed by atoms with Gasteiger partial charge < -0.3 is 4.74 Å². The van der Waals surface area contributed by atoms with Crippen LogP contribution in [0.1, 0.15) is 26.3 Å². The van der Waals surface area contributed by atoms with Crippen molar-refractivity contribution in [1.29, 1.82) is 5.26 Å². The minimum Gasteiger partial charge on any atom is -0.386 e. The molecule has 0 fully saturated rings. The lowest BCUT2D eigenvalue weighted by Gasteiger charge is -1.94. The van der Waals surface area contributed by atoms with Gasteiger partial charge in [0.15, 0.2) is 6.07 Å². The zero-order valence-corrected chi connectivity index (χ0v) is 7.40. The number of hydrogen-bond donors (Lipinski definition) is 0. The van der Waals surface area contributed by atoms with Crippen LogP contribution in [0.15, 0.2) is 18.2 Å². The summed E-state index contributed by atoms with van der Waals surface area (Å²) in [4.78, 5) is 22.4. The fourth-order valence-electron chi connectivity index (χ4n) is 1.33. The summed E-state index contributed by atoms with van der Waals surface area (Å²) in [5, 5.41) is 8.29. The maximum Gasteiger partial charge on any atom is 0.348 e. The summed E-state index contributed by atoms with van der Waals surface area (Å²) in [6, 6.07) is 6.26. The second kappa shape index (κ2) is 3.28. The summed E-state index contributed by atoms with van der Waals surface area (Å²) in [5.41, 5.74) is 0.680. The number of carbonyl (C=O) groups excluding carboxylic acids is 2. The number of carbonyl (C=O) groups is 2. The molecule has 1 aromatic carbocycles. The van der Waals surface area contributed by atoms with Crippen molar-refractivity contribution in [2.24, 2.45) is 0 Å². The number of nitrogens with zero attached hydrogens (tertiary/aromatic N) is 1. The standard InChI is InChI=1S/C11H3NO3/c12-6-2-4-7-3-1-5-8-9(7)11(14)15-10(8)13/h1,3,5H. The molecule has 2 rings (SSSR count). The van der Waals surface area contributed by atoms with Gasteiger partial charge in [0, 0.05) is 11.5 Å². The first-order chi connectivity index (χ1) is 7.24. The molecule has 0 atom stereocenters. The molecule has 0 aliphatic carbocycles. The van der Waals surface area contributed by atoms with Crippen LogP contribution in [-0.2, 0) is 4.74 Å². The highest BCUT2D eigenvalue weighted by Crippen LogP contribution is 2.22. The molecule has 0 saturated carbocycles. The minimum atomic E-state index is -0.710. The van der Waals surface area contributed by atoms with Gasteiger partial charge in [0.05, 0.1) is 11.1 Å². The van der Waals surface area contributed by atoms with Gasteiger partial charge in [-0.15, -0.1) is 0 Å². The fraction of sp³-hybridized carbons (Fsp3) is 0. The van der Waals surface area contributed by atoms with Crippen LogP contribution in [0.5, 0.6) is 0 Å². The zero-order chi connectivity index (χ0) is 10.8. The van der Waals surface area contributed by atoms with Crippen LogP contribution < -0.4 is 0 Å². The molecule has 70 valence electrons. The van der Waals surface area contributed by atoms with Gasteiger partial charge in [-0.3, -0.25) is 0 Å². The molecule has 0 bridgehead atoms. The van der Waals surface area contributed by atoms with E-state index in [4.69, 9.17) is 5.26 Å². The average molecular weight is 197 g/mol. The Morgan fingerprint density at radius 2 is 2.00 bits per heavy atom. The normalized spacial score (nSPS) is 12.2. The SMILES string of the molecule is N#CC#Cc1cccc2c1C(=O)OC2=O. The van der Waals surface area contributed by atoms with Crippen LogP contribution in [0.2, 0.25) is 0 Å². The highest BCUT2D eigenvalue weighted by Gasteiger charge is 2.31. The summed E-state index contributed by atoms with van der Waals surface area (Å²) in [7, 11) is 0. The molecular formula is C11H3NO3. The Kier molecular flexibility index (Phi) is 1.97. The third-order valence-corrected chi connectivity index (χ3v) is 1.93. The largest absolute Gasteiger partial charge is 0.386 e. The van der Waals surface area contributed by atoms with E-state index in [2.05, 4.69) is 16.6 Å². The van der Waals surface area contributed by atoms with Crippen molar-refractivity contribution in [1.82, 2.24) is 0 Å². The first-order valence-corrected chi connectivity index (χ1v) is 4.03. The van der Waals surface area contributed by atoms with Crippen LogP contribution in [0.4, 0.5) is 0 Å². The lowest BCUT2D eigenvalue weighted by molar-refractivity contribution is 0.0444. The smallest absolute Gasteiger partial charge is 0.348 e. The summed E-state index contributed by atoms with van der Waals surface area (Å²) in [6.45, 7) is 0. The lowest BCUT2D eigenvalue weighted by Crippen LogP contribution is -1.98. The van der Waals surface area contributed by atoms with Crippen LogP contribution >= 0.6 is 0 Å². The molecule has 1 aliphatic rings. The molecule has 1 aliphatic heterocycles. The molecule has 1 heterocycles. The predicted octanol–water partition coefficient (Wildman–Crippen LogP) is 0.872. The number of hydrogen-bond acceptors (Lipinski definition) is 4. The van der Waals surface area contributed by atoms with Gasteiger partial charge in [-0.2, -0.15) is 5.26 Å². The van der Waals surface area contributed by atoms with E-state index in [9.17, 15) is 9.59 Å². The van der Waals surface area contributed by atoms with Crippen LogP contribution in [-0.4, -0.2) is 11.9 Å². The number of benzene rings is 1. The van der Waals surface area contributed by atoms with E-state index in [-0.39, 0.29) is 11.1 Å². The van der Waals surface area contributed by atoms with Crippen molar-refractivity contribution in [3.8, 4) is 17.9 Å². The lowest BCUT2D eigenvalue weighted by atomic mass is 10.0. The molecule has 0 amide bonds. The van der Waals surface area contributed by atoms with Gasteiger partial charge in [-0.25, -0.2) is 9.59 Å². The van der Waals surface area contributed by atoms with E-state index >= 15 is 0 Å². The number of cyclic esters (lactones) is 2. The quantitative estimate of drug-likeness (QED) is 0.351. The molecule has 4 heteroatoms. The molecule has 0 saturated heterocycles. The van der Waals surface area contributed by atoms with Gasteiger partial charge >= 0.3 is 11.9 Å². The first-order valence-electron chi connectivity index (χ1n) is 4.03. The Hall–Kier alpha value is -2.59. The highest BCUT2D eigenvalue weighted by atomic mass is 16.6. The van der Waals surface area contributed by atoms with Crippen molar-refractivity contribution < 1.29 is 14.3 Å². The number of esters is 2. The molecular weight excluding hydrogens is 194 g/mol. The minimum absolute atomic E-state index is 0.144. The Balaban J connectivity index is 2.67. The van der Waals surface area contributed by atoms with Gasteiger partial charge in [0.1, 0.15) is 0 Å². The highest BCUT2D eigenvalue weighted by molar-refractivity contribution is 6.15. The van der Waals surface area contributed by atoms with E-state index in [1.807, 2.05) is 0 Å². The number of fused-ring (bicyclic) bond motifs is 1.